The number of carbonyl (C=O) groups excluding carboxylic acids is 1. The van der Waals surface area contributed by atoms with Crippen molar-refractivity contribution in [2.45, 2.75) is 25.8 Å². The molecule has 0 radical (unpaired) electrons. The summed E-state index contributed by atoms with van der Waals surface area (Å²) in [4.78, 5) is 11.2. The summed E-state index contributed by atoms with van der Waals surface area (Å²) < 4.78 is 5.35. The molecule has 1 aromatic rings. The molecule has 4 nitrogen and oxygen atoms in total. The Morgan fingerprint density at radius 1 is 1.41 bits per heavy atom. The highest BCUT2D eigenvalue weighted by Crippen LogP contribution is 2.29. The first-order valence-electron chi connectivity index (χ1n) is 5.84. The highest BCUT2D eigenvalue weighted by molar-refractivity contribution is 5.77. The van der Waals surface area contributed by atoms with Crippen LogP contribution < -0.4 is 15.4 Å². The van der Waals surface area contributed by atoms with Crippen LogP contribution in [-0.2, 0) is 0 Å². The third kappa shape index (κ3) is 2.35. The zero-order chi connectivity index (χ0) is 12.4. The second-order valence-electron chi connectivity index (χ2n) is 4.56. The van der Waals surface area contributed by atoms with E-state index in [0.717, 1.165) is 11.3 Å². The Balaban J connectivity index is 2.35. The molecular weight excluding hydrogens is 216 g/mol. The molecular formula is C13H18N2O2. The second kappa shape index (κ2) is 4.65. The van der Waals surface area contributed by atoms with Gasteiger partial charge in [-0.2, -0.15) is 0 Å². The smallest absolute Gasteiger partial charge is 0.315 e. The van der Waals surface area contributed by atoms with Crippen LogP contribution in [0.15, 0.2) is 18.2 Å². The highest BCUT2D eigenvalue weighted by atomic mass is 16.5. The van der Waals surface area contributed by atoms with Gasteiger partial charge in [0.15, 0.2) is 0 Å². The fraction of sp³-hybridized carbons (Fsp3) is 0.462. The van der Waals surface area contributed by atoms with Gasteiger partial charge in [-0.1, -0.05) is 19.9 Å². The SMILES string of the molecule is COc1ccc(C(C)C)cc1[C@H]1CNC(=O)N1. The van der Waals surface area contributed by atoms with E-state index in [4.69, 9.17) is 4.74 Å². The Labute approximate surface area is 101 Å². The van der Waals surface area contributed by atoms with Gasteiger partial charge in [0, 0.05) is 12.1 Å². The van der Waals surface area contributed by atoms with Crippen molar-refractivity contribution in [3.63, 3.8) is 0 Å². The predicted octanol–water partition coefficient (Wildman–Crippen LogP) is 2.17. The number of nitrogens with one attached hydrogen (secondary N) is 2. The summed E-state index contributed by atoms with van der Waals surface area (Å²) in [7, 11) is 1.65. The van der Waals surface area contributed by atoms with Crippen molar-refractivity contribution in [2.75, 3.05) is 13.7 Å². The van der Waals surface area contributed by atoms with Crippen LogP contribution in [0.25, 0.3) is 0 Å². The van der Waals surface area contributed by atoms with Gasteiger partial charge in [0.05, 0.1) is 13.2 Å². The molecule has 92 valence electrons. The van der Waals surface area contributed by atoms with Crippen LogP contribution in [0.4, 0.5) is 4.79 Å². The van der Waals surface area contributed by atoms with Gasteiger partial charge < -0.3 is 15.4 Å². The van der Waals surface area contributed by atoms with E-state index in [1.807, 2.05) is 6.07 Å². The van der Waals surface area contributed by atoms with Crippen molar-refractivity contribution in [1.82, 2.24) is 10.6 Å². The van der Waals surface area contributed by atoms with E-state index in [-0.39, 0.29) is 12.1 Å². The molecule has 0 unspecified atom stereocenters. The molecule has 2 N–H and O–H groups in total. The van der Waals surface area contributed by atoms with Gasteiger partial charge in [-0.3, -0.25) is 0 Å². The van der Waals surface area contributed by atoms with E-state index >= 15 is 0 Å². The lowest BCUT2D eigenvalue weighted by Crippen LogP contribution is -2.22. The minimum Gasteiger partial charge on any atom is -0.496 e. The zero-order valence-corrected chi connectivity index (χ0v) is 10.4. The molecule has 1 aromatic carbocycles. The van der Waals surface area contributed by atoms with Gasteiger partial charge in [0.1, 0.15) is 5.75 Å². The standard InChI is InChI=1S/C13H18N2O2/c1-8(2)9-4-5-12(17-3)10(6-9)11-7-14-13(16)15-11/h4-6,8,11H,7H2,1-3H3,(H2,14,15,16)/t11-/m1/s1. The first kappa shape index (κ1) is 11.8. The molecule has 2 rings (SSSR count). The van der Waals surface area contributed by atoms with Gasteiger partial charge >= 0.3 is 6.03 Å². The van der Waals surface area contributed by atoms with Gasteiger partial charge in [-0.15, -0.1) is 0 Å². The van der Waals surface area contributed by atoms with Crippen molar-refractivity contribution in [1.29, 1.82) is 0 Å². The van der Waals surface area contributed by atoms with Crippen LogP contribution >= 0.6 is 0 Å². The largest absolute Gasteiger partial charge is 0.496 e. The summed E-state index contributed by atoms with van der Waals surface area (Å²) in [6.45, 7) is 4.91. The number of benzene rings is 1. The summed E-state index contributed by atoms with van der Waals surface area (Å²) in [5.41, 5.74) is 2.29. The van der Waals surface area contributed by atoms with E-state index in [1.54, 1.807) is 7.11 Å². The zero-order valence-electron chi connectivity index (χ0n) is 10.4. The van der Waals surface area contributed by atoms with Crippen molar-refractivity contribution in [2.24, 2.45) is 0 Å². The lowest BCUT2D eigenvalue weighted by Gasteiger charge is -2.16. The number of carbonyl (C=O) groups is 1. The lowest BCUT2D eigenvalue weighted by molar-refractivity contribution is 0.247. The first-order valence-corrected chi connectivity index (χ1v) is 5.84. The van der Waals surface area contributed by atoms with Crippen LogP contribution in [0.3, 0.4) is 0 Å². The number of urea groups is 1. The average molecular weight is 234 g/mol. The van der Waals surface area contributed by atoms with Gasteiger partial charge in [-0.25, -0.2) is 4.79 Å². The van der Waals surface area contributed by atoms with E-state index in [9.17, 15) is 4.79 Å². The number of hydrogen-bond donors (Lipinski definition) is 2. The Hall–Kier alpha value is -1.71. The molecule has 1 heterocycles. The fourth-order valence-electron chi connectivity index (χ4n) is 2.03. The molecule has 0 aliphatic carbocycles. The molecule has 0 spiro atoms. The van der Waals surface area contributed by atoms with Crippen LogP contribution in [0.5, 0.6) is 5.75 Å². The number of rotatable bonds is 3. The number of methoxy groups -OCH3 is 1. The summed E-state index contributed by atoms with van der Waals surface area (Å²) in [5, 5.41) is 5.64. The Bertz CT molecular complexity index is 429. The summed E-state index contributed by atoms with van der Waals surface area (Å²) in [5.74, 6) is 1.29. The molecule has 1 fully saturated rings. The van der Waals surface area contributed by atoms with E-state index in [0.29, 0.717) is 12.5 Å². The Morgan fingerprint density at radius 3 is 2.71 bits per heavy atom. The average Bonchev–Trinajstić information content (AvgIpc) is 2.74. The van der Waals surface area contributed by atoms with Gasteiger partial charge in [-0.05, 0) is 23.6 Å². The molecule has 1 saturated heterocycles. The molecule has 0 saturated carbocycles. The molecule has 1 aliphatic rings. The van der Waals surface area contributed by atoms with Gasteiger partial charge in [0.2, 0.25) is 0 Å². The summed E-state index contributed by atoms with van der Waals surface area (Å²) >= 11 is 0. The van der Waals surface area contributed by atoms with Gasteiger partial charge in [0.25, 0.3) is 0 Å². The third-order valence-electron chi connectivity index (χ3n) is 3.07. The normalized spacial score (nSPS) is 19.1. The molecule has 17 heavy (non-hydrogen) atoms. The minimum absolute atomic E-state index is 0.00356. The summed E-state index contributed by atoms with van der Waals surface area (Å²) in [6, 6.07) is 6.02. The third-order valence-corrected chi connectivity index (χ3v) is 3.07. The topological polar surface area (TPSA) is 50.4 Å². The Kier molecular flexibility index (Phi) is 3.22. The molecule has 0 bridgehead atoms. The Morgan fingerprint density at radius 2 is 2.18 bits per heavy atom. The molecule has 1 atom stereocenters. The van der Waals surface area contributed by atoms with Crippen molar-refractivity contribution < 1.29 is 9.53 Å². The van der Waals surface area contributed by atoms with Crippen LogP contribution in [-0.4, -0.2) is 19.7 Å². The number of amides is 2. The summed E-state index contributed by atoms with van der Waals surface area (Å²) in [6.07, 6.45) is 0. The first-order chi connectivity index (χ1) is 8.11. The monoisotopic (exact) mass is 234 g/mol. The maximum absolute atomic E-state index is 11.2. The minimum atomic E-state index is -0.119. The van der Waals surface area contributed by atoms with Crippen LogP contribution in [0.1, 0.15) is 36.9 Å². The van der Waals surface area contributed by atoms with E-state index in [2.05, 4.69) is 36.6 Å². The maximum atomic E-state index is 11.2. The quantitative estimate of drug-likeness (QED) is 0.842. The van der Waals surface area contributed by atoms with Crippen molar-refractivity contribution in [3.8, 4) is 5.75 Å². The van der Waals surface area contributed by atoms with Crippen molar-refractivity contribution >= 4 is 6.03 Å². The number of ether oxygens (including phenoxy) is 1. The number of hydrogen-bond acceptors (Lipinski definition) is 2. The van der Waals surface area contributed by atoms with E-state index in [1.165, 1.54) is 5.56 Å². The second-order valence-corrected chi connectivity index (χ2v) is 4.56. The molecule has 0 aromatic heterocycles. The molecule has 1 aliphatic heterocycles. The lowest BCUT2D eigenvalue weighted by atomic mass is 9.97. The van der Waals surface area contributed by atoms with E-state index < -0.39 is 0 Å². The fourth-order valence-corrected chi connectivity index (χ4v) is 2.03. The highest BCUT2D eigenvalue weighted by Gasteiger charge is 2.24. The van der Waals surface area contributed by atoms with Crippen LogP contribution in [0.2, 0.25) is 0 Å². The van der Waals surface area contributed by atoms with Crippen molar-refractivity contribution in [3.05, 3.63) is 29.3 Å². The molecule has 4 heteroatoms. The van der Waals surface area contributed by atoms with Crippen LogP contribution in [0, 0.1) is 0 Å². The maximum Gasteiger partial charge on any atom is 0.315 e. The molecule has 2 amide bonds. The predicted molar refractivity (Wildman–Crippen MR) is 66.4 cm³/mol.